The number of H-pyrrole nitrogens is 1. The van der Waals surface area contributed by atoms with Crippen molar-refractivity contribution >= 4 is 34.9 Å². The van der Waals surface area contributed by atoms with Crippen LogP contribution in [0.2, 0.25) is 5.02 Å². The second kappa shape index (κ2) is 4.83. The number of rotatable bonds is 3. The van der Waals surface area contributed by atoms with E-state index in [9.17, 15) is 0 Å². The van der Waals surface area contributed by atoms with Crippen molar-refractivity contribution in [3.63, 3.8) is 0 Å². The first kappa shape index (κ1) is 12.4. The molecule has 0 radical (unpaired) electrons. The second-order valence-electron chi connectivity index (χ2n) is 4.44. The van der Waals surface area contributed by atoms with Gasteiger partial charge in [-0.3, -0.25) is 4.68 Å². The molecule has 0 saturated heterocycles. The van der Waals surface area contributed by atoms with Gasteiger partial charge in [-0.25, -0.2) is 0 Å². The number of nitrogens with one attached hydrogen (secondary N) is 1. The standard InChI is InChI=1S/C13H13ClN4S/c1-17-10(4-6-15-17)5-7-18-12-3-2-9(14)8-11(12)16-13(18)19/h2-4,6,8H,5,7H2,1H3,(H,16,19). The van der Waals surface area contributed by atoms with Crippen LogP contribution in [0.1, 0.15) is 5.69 Å². The zero-order chi connectivity index (χ0) is 13.4. The molecule has 2 aromatic heterocycles. The van der Waals surface area contributed by atoms with Gasteiger partial charge in [-0.15, -0.1) is 0 Å². The van der Waals surface area contributed by atoms with Crippen LogP contribution < -0.4 is 0 Å². The number of hydrogen-bond acceptors (Lipinski definition) is 2. The first-order valence-corrected chi connectivity index (χ1v) is 6.79. The fourth-order valence-electron chi connectivity index (χ4n) is 2.23. The average Bonchev–Trinajstić information content (AvgIpc) is 2.90. The van der Waals surface area contributed by atoms with Crippen LogP contribution in [0, 0.1) is 4.77 Å². The van der Waals surface area contributed by atoms with E-state index in [2.05, 4.69) is 14.6 Å². The van der Waals surface area contributed by atoms with Crippen molar-refractivity contribution < 1.29 is 0 Å². The normalized spacial score (nSPS) is 11.3. The molecule has 0 fully saturated rings. The highest BCUT2D eigenvalue weighted by molar-refractivity contribution is 7.71. The lowest BCUT2D eigenvalue weighted by Crippen LogP contribution is -2.05. The van der Waals surface area contributed by atoms with Gasteiger partial charge in [0.2, 0.25) is 0 Å². The van der Waals surface area contributed by atoms with Crippen LogP contribution in [-0.2, 0) is 20.0 Å². The van der Waals surface area contributed by atoms with Gasteiger partial charge in [0.05, 0.1) is 11.0 Å². The van der Waals surface area contributed by atoms with Gasteiger partial charge in [-0.05, 0) is 36.5 Å². The summed E-state index contributed by atoms with van der Waals surface area (Å²) < 4.78 is 4.70. The van der Waals surface area contributed by atoms with Gasteiger partial charge in [-0.2, -0.15) is 5.10 Å². The van der Waals surface area contributed by atoms with Crippen molar-refractivity contribution in [2.45, 2.75) is 13.0 Å². The molecule has 0 unspecified atom stereocenters. The SMILES string of the molecule is Cn1nccc1CCn1c(=S)[nH]c2cc(Cl)ccc21. The number of fused-ring (bicyclic) bond motifs is 1. The predicted molar refractivity (Wildman–Crippen MR) is 79.0 cm³/mol. The monoisotopic (exact) mass is 292 g/mol. The van der Waals surface area contributed by atoms with Gasteiger partial charge in [0.25, 0.3) is 0 Å². The molecule has 98 valence electrons. The highest BCUT2D eigenvalue weighted by Crippen LogP contribution is 2.19. The number of halogens is 1. The van der Waals surface area contributed by atoms with E-state index < -0.39 is 0 Å². The number of aryl methyl sites for hydroxylation is 3. The molecule has 0 bridgehead atoms. The summed E-state index contributed by atoms with van der Waals surface area (Å²) in [6.45, 7) is 0.819. The van der Waals surface area contributed by atoms with Crippen LogP contribution in [0.3, 0.4) is 0 Å². The van der Waals surface area contributed by atoms with Crippen molar-refractivity contribution in [3.05, 3.63) is 45.9 Å². The Morgan fingerprint density at radius 2 is 2.21 bits per heavy atom. The van der Waals surface area contributed by atoms with Gasteiger partial charge in [0, 0.05) is 36.9 Å². The van der Waals surface area contributed by atoms with E-state index in [0.29, 0.717) is 5.02 Å². The molecule has 3 rings (SSSR count). The Bertz CT molecular complexity index is 783. The molecule has 19 heavy (non-hydrogen) atoms. The molecular weight excluding hydrogens is 280 g/mol. The van der Waals surface area contributed by atoms with Crippen molar-refractivity contribution in [3.8, 4) is 0 Å². The fourth-order valence-corrected chi connectivity index (χ4v) is 2.70. The van der Waals surface area contributed by atoms with Gasteiger partial charge in [0.15, 0.2) is 4.77 Å². The van der Waals surface area contributed by atoms with E-state index in [-0.39, 0.29) is 0 Å². The van der Waals surface area contributed by atoms with Crippen LogP contribution in [0.25, 0.3) is 11.0 Å². The van der Waals surface area contributed by atoms with Gasteiger partial charge in [0.1, 0.15) is 0 Å². The number of aromatic nitrogens is 4. The zero-order valence-corrected chi connectivity index (χ0v) is 12.0. The quantitative estimate of drug-likeness (QED) is 0.752. The van der Waals surface area contributed by atoms with E-state index in [1.165, 1.54) is 5.69 Å². The van der Waals surface area contributed by atoms with Crippen molar-refractivity contribution in [1.29, 1.82) is 0 Å². The molecule has 6 heteroatoms. The Morgan fingerprint density at radius 1 is 1.37 bits per heavy atom. The number of imidazole rings is 1. The summed E-state index contributed by atoms with van der Waals surface area (Å²) in [4.78, 5) is 3.18. The summed E-state index contributed by atoms with van der Waals surface area (Å²) in [5.41, 5.74) is 3.24. The molecule has 1 N–H and O–H groups in total. The van der Waals surface area contributed by atoms with Crippen LogP contribution in [-0.4, -0.2) is 19.3 Å². The lowest BCUT2D eigenvalue weighted by Gasteiger charge is -2.05. The summed E-state index contributed by atoms with van der Waals surface area (Å²) in [7, 11) is 1.95. The lowest BCUT2D eigenvalue weighted by atomic mass is 10.3. The number of nitrogens with zero attached hydrogens (tertiary/aromatic N) is 3. The van der Waals surface area contributed by atoms with E-state index >= 15 is 0 Å². The molecule has 0 amide bonds. The minimum atomic E-state index is 0.711. The Labute approximate surface area is 120 Å². The Balaban J connectivity index is 1.95. The maximum Gasteiger partial charge on any atom is 0.178 e. The number of benzene rings is 1. The number of aromatic amines is 1. The highest BCUT2D eigenvalue weighted by Gasteiger charge is 2.06. The predicted octanol–water partition coefficient (Wildman–Crippen LogP) is 3.33. The molecule has 1 aromatic carbocycles. The Kier molecular flexibility index (Phi) is 3.16. The summed E-state index contributed by atoms with van der Waals surface area (Å²) in [5, 5.41) is 4.88. The van der Waals surface area contributed by atoms with Gasteiger partial charge in [-0.1, -0.05) is 11.6 Å². The molecule has 2 heterocycles. The molecule has 3 aromatic rings. The first-order chi connectivity index (χ1) is 9.15. The largest absolute Gasteiger partial charge is 0.331 e. The van der Waals surface area contributed by atoms with Crippen molar-refractivity contribution in [2.24, 2.45) is 7.05 Å². The van der Waals surface area contributed by atoms with Crippen LogP contribution in [0.15, 0.2) is 30.5 Å². The van der Waals surface area contributed by atoms with Crippen molar-refractivity contribution in [2.75, 3.05) is 0 Å². The highest BCUT2D eigenvalue weighted by atomic mass is 35.5. The number of hydrogen-bond donors (Lipinski definition) is 1. The summed E-state index contributed by atoms with van der Waals surface area (Å²) >= 11 is 11.4. The molecule has 0 spiro atoms. The van der Waals surface area contributed by atoms with Crippen LogP contribution in [0.4, 0.5) is 0 Å². The molecule has 0 saturated carbocycles. The summed E-state index contributed by atoms with van der Waals surface area (Å²) in [5.74, 6) is 0. The molecular formula is C13H13ClN4S. The zero-order valence-electron chi connectivity index (χ0n) is 10.4. The molecule has 4 nitrogen and oxygen atoms in total. The minimum absolute atomic E-state index is 0.711. The first-order valence-electron chi connectivity index (χ1n) is 6.00. The van der Waals surface area contributed by atoms with Gasteiger partial charge < -0.3 is 9.55 Å². The van der Waals surface area contributed by atoms with E-state index in [1.807, 2.05) is 42.2 Å². The molecule has 0 aliphatic heterocycles. The smallest absolute Gasteiger partial charge is 0.178 e. The summed E-state index contributed by atoms with van der Waals surface area (Å²) in [6.07, 6.45) is 2.70. The molecule has 0 aliphatic rings. The lowest BCUT2D eigenvalue weighted by molar-refractivity contribution is 0.642. The third-order valence-electron chi connectivity index (χ3n) is 3.25. The van der Waals surface area contributed by atoms with E-state index in [0.717, 1.165) is 28.8 Å². The third kappa shape index (κ3) is 2.31. The molecule has 0 aliphatic carbocycles. The third-order valence-corrected chi connectivity index (χ3v) is 3.81. The average molecular weight is 293 g/mol. The Morgan fingerprint density at radius 3 is 2.95 bits per heavy atom. The van der Waals surface area contributed by atoms with E-state index in [1.54, 1.807) is 0 Å². The van der Waals surface area contributed by atoms with Crippen molar-refractivity contribution in [1.82, 2.24) is 19.3 Å². The molecule has 0 atom stereocenters. The summed E-state index contributed by atoms with van der Waals surface area (Å²) in [6, 6.07) is 7.79. The van der Waals surface area contributed by atoms with Crippen LogP contribution in [0.5, 0.6) is 0 Å². The maximum absolute atomic E-state index is 5.98. The van der Waals surface area contributed by atoms with Gasteiger partial charge >= 0.3 is 0 Å². The topological polar surface area (TPSA) is 38.5 Å². The maximum atomic E-state index is 5.98. The minimum Gasteiger partial charge on any atom is -0.331 e. The van der Waals surface area contributed by atoms with Crippen LogP contribution >= 0.6 is 23.8 Å². The second-order valence-corrected chi connectivity index (χ2v) is 5.26. The Hall–Kier alpha value is -1.59. The fraction of sp³-hybridized carbons (Fsp3) is 0.231. The van der Waals surface area contributed by atoms with E-state index in [4.69, 9.17) is 23.8 Å².